The third kappa shape index (κ3) is 3.29. The standard InChI is InChI=1S/C21H20N2O6S/c24-21(23-8-11-27-12-9-23)20-19(16-3-1-2-4-18(16)29-20)22-30(25,26)15-5-6-17-14(13-15)7-10-28-17/h1-6,13,22H,7-12H2. The summed E-state index contributed by atoms with van der Waals surface area (Å²) in [4.78, 5) is 14.8. The van der Waals surface area contributed by atoms with E-state index in [-0.39, 0.29) is 22.3 Å². The van der Waals surface area contributed by atoms with Gasteiger partial charge in [-0.05, 0) is 35.9 Å². The van der Waals surface area contributed by atoms with Gasteiger partial charge in [0.1, 0.15) is 17.0 Å². The summed E-state index contributed by atoms with van der Waals surface area (Å²) in [5.74, 6) is 0.312. The zero-order valence-electron chi connectivity index (χ0n) is 16.1. The van der Waals surface area contributed by atoms with E-state index in [9.17, 15) is 13.2 Å². The number of carbonyl (C=O) groups is 1. The molecule has 1 N–H and O–H groups in total. The van der Waals surface area contributed by atoms with Crippen LogP contribution in [0.15, 0.2) is 51.8 Å². The number of amides is 1. The normalized spacial score (nSPS) is 16.3. The molecule has 3 heterocycles. The Morgan fingerprint density at radius 3 is 2.67 bits per heavy atom. The Bertz CT molecular complexity index is 1230. The number of morpholine rings is 1. The average Bonchev–Trinajstić information content (AvgIpc) is 3.38. The van der Waals surface area contributed by atoms with E-state index in [1.165, 1.54) is 6.07 Å². The molecule has 1 amide bonds. The van der Waals surface area contributed by atoms with Crippen LogP contribution in [0.2, 0.25) is 0 Å². The van der Waals surface area contributed by atoms with Crippen molar-refractivity contribution in [2.24, 2.45) is 0 Å². The zero-order valence-corrected chi connectivity index (χ0v) is 16.9. The summed E-state index contributed by atoms with van der Waals surface area (Å²) in [6, 6.07) is 11.7. The molecule has 5 rings (SSSR count). The lowest BCUT2D eigenvalue weighted by molar-refractivity contribution is 0.0285. The van der Waals surface area contributed by atoms with E-state index >= 15 is 0 Å². The van der Waals surface area contributed by atoms with Crippen LogP contribution in [0.5, 0.6) is 5.75 Å². The summed E-state index contributed by atoms with van der Waals surface area (Å²) in [7, 11) is -3.94. The predicted octanol–water partition coefficient (Wildman–Crippen LogP) is 2.64. The molecule has 9 heteroatoms. The molecule has 0 saturated carbocycles. The molecule has 1 aromatic heterocycles. The molecule has 0 radical (unpaired) electrons. The van der Waals surface area contributed by atoms with Crippen molar-refractivity contribution in [3.05, 3.63) is 53.8 Å². The van der Waals surface area contributed by atoms with E-state index in [2.05, 4.69) is 4.72 Å². The van der Waals surface area contributed by atoms with Crippen molar-refractivity contribution in [1.29, 1.82) is 0 Å². The topological polar surface area (TPSA) is 98.1 Å². The van der Waals surface area contributed by atoms with E-state index < -0.39 is 10.0 Å². The van der Waals surface area contributed by atoms with Crippen molar-refractivity contribution in [2.45, 2.75) is 11.3 Å². The van der Waals surface area contributed by atoms with Gasteiger partial charge in [0.05, 0.1) is 24.7 Å². The quantitative estimate of drug-likeness (QED) is 0.686. The van der Waals surface area contributed by atoms with Gasteiger partial charge in [-0.2, -0.15) is 0 Å². The molecule has 0 atom stereocenters. The van der Waals surface area contributed by atoms with Crippen molar-refractivity contribution < 1.29 is 27.1 Å². The Labute approximate surface area is 173 Å². The maximum absolute atomic E-state index is 13.2. The number of anilines is 1. The maximum atomic E-state index is 13.2. The fourth-order valence-corrected chi connectivity index (χ4v) is 4.86. The molecule has 1 fully saturated rings. The summed E-state index contributed by atoms with van der Waals surface area (Å²) in [6.07, 6.45) is 0.661. The Morgan fingerprint density at radius 1 is 1.03 bits per heavy atom. The Balaban J connectivity index is 1.55. The van der Waals surface area contributed by atoms with Gasteiger partial charge in [0.15, 0.2) is 0 Å². The summed E-state index contributed by atoms with van der Waals surface area (Å²) >= 11 is 0. The van der Waals surface area contributed by atoms with E-state index in [1.807, 2.05) is 0 Å². The van der Waals surface area contributed by atoms with E-state index in [4.69, 9.17) is 13.9 Å². The lowest BCUT2D eigenvalue weighted by Crippen LogP contribution is -2.40. The first-order valence-corrected chi connectivity index (χ1v) is 11.2. The van der Waals surface area contributed by atoms with Crippen LogP contribution >= 0.6 is 0 Å². The minimum atomic E-state index is -3.94. The van der Waals surface area contributed by atoms with Crippen LogP contribution in [-0.4, -0.2) is 52.1 Å². The number of para-hydroxylation sites is 1. The molecule has 8 nitrogen and oxygen atoms in total. The van der Waals surface area contributed by atoms with Gasteiger partial charge < -0.3 is 18.8 Å². The second-order valence-corrected chi connectivity index (χ2v) is 8.86. The maximum Gasteiger partial charge on any atom is 0.291 e. The largest absolute Gasteiger partial charge is 0.493 e. The highest BCUT2D eigenvalue weighted by molar-refractivity contribution is 7.92. The fraction of sp³-hybridized carbons (Fsp3) is 0.286. The van der Waals surface area contributed by atoms with E-state index in [1.54, 1.807) is 41.3 Å². The number of furan rings is 1. The first-order valence-electron chi connectivity index (χ1n) is 9.70. The van der Waals surface area contributed by atoms with Crippen molar-refractivity contribution in [2.75, 3.05) is 37.6 Å². The zero-order chi connectivity index (χ0) is 20.7. The third-order valence-electron chi connectivity index (χ3n) is 5.30. The van der Waals surface area contributed by atoms with Gasteiger partial charge in [-0.15, -0.1) is 0 Å². The molecule has 0 aliphatic carbocycles. The Morgan fingerprint density at radius 2 is 1.83 bits per heavy atom. The van der Waals surface area contributed by atoms with Crippen LogP contribution < -0.4 is 9.46 Å². The van der Waals surface area contributed by atoms with Gasteiger partial charge in [-0.3, -0.25) is 9.52 Å². The number of fused-ring (bicyclic) bond motifs is 2. The number of hydrogen-bond donors (Lipinski definition) is 1. The number of hydrogen-bond acceptors (Lipinski definition) is 6. The molecule has 1 saturated heterocycles. The van der Waals surface area contributed by atoms with Crippen molar-refractivity contribution in [3.8, 4) is 5.75 Å². The van der Waals surface area contributed by atoms with Crippen LogP contribution in [-0.2, 0) is 21.2 Å². The molecule has 0 spiro atoms. The van der Waals surface area contributed by atoms with Crippen LogP contribution in [0.25, 0.3) is 11.0 Å². The van der Waals surface area contributed by atoms with Crippen molar-refractivity contribution >= 4 is 32.6 Å². The summed E-state index contributed by atoms with van der Waals surface area (Å²) in [6.45, 7) is 2.26. The lowest BCUT2D eigenvalue weighted by atomic mass is 10.2. The molecule has 2 aromatic carbocycles. The number of rotatable bonds is 4. The van der Waals surface area contributed by atoms with Crippen molar-refractivity contribution in [3.63, 3.8) is 0 Å². The van der Waals surface area contributed by atoms with Crippen LogP contribution in [0, 0.1) is 0 Å². The van der Waals surface area contributed by atoms with E-state index in [0.29, 0.717) is 56.0 Å². The van der Waals surface area contributed by atoms with Gasteiger partial charge in [0.2, 0.25) is 5.76 Å². The van der Waals surface area contributed by atoms with Crippen LogP contribution in [0.4, 0.5) is 5.69 Å². The lowest BCUT2D eigenvalue weighted by Gasteiger charge is -2.26. The van der Waals surface area contributed by atoms with Gasteiger partial charge >= 0.3 is 0 Å². The second kappa shape index (κ2) is 7.33. The molecule has 30 heavy (non-hydrogen) atoms. The number of sulfonamides is 1. The van der Waals surface area contributed by atoms with Gasteiger partial charge in [-0.1, -0.05) is 12.1 Å². The molecule has 2 aliphatic rings. The number of carbonyl (C=O) groups excluding carboxylic acids is 1. The van der Waals surface area contributed by atoms with Crippen LogP contribution in [0.3, 0.4) is 0 Å². The average molecular weight is 428 g/mol. The third-order valence-corrected chi connectivity index (χ3v) is 6.64. The highest BCUT2D eigenvalue weighted by Gasteiger charge is 2.29. The Kier molecular flexibility index (Phi) is 4.63. The highest BCUT2D eigenvalue weighted by Crippen LogP contribution is 2.34. The van der Waals surface area contributed by atoms with Crippen LogP contribution in [0.1, 0.15) is 16.1 Å². The number of nitrogens with one attached hydrogen (secondary N) is 1. The SMILES string of the molecule is O=C(c1oc2ccccc2c1NS(=O)(=O)c1ccc2c(c1)CCO2)N1CCOCC1. The highest BCUT2D eigenvalue weighted by atomic mass is 32.2. The summed E-state index contributed by atoms with van der Waals surface area (Å²) < 4.78 is 45.5. The molecule has 156 valence electrons. The molecule has 3 aromatic rings. The first-order chi connectivity index (χ1) is 14.5. The molecule has 2 aliphatic heterocycles. The van der Waals surface area contributed by atoms with Crippen molar-refractivity contribution in [1.82, 2.24) is 4.90 Å². The monoisotopic (exact) mass is 428 g/mol. The van der Waals surface area contributed by atoms with Gasteiger partial charge in [0, 0.05) is 24.9 Å². The van der Waals surface area contributed by atoms with E-state index in [0.717, 1.165) is 5.56 Å². The molecule has 0 unspecified atom stereocenters. The van der Waals surface area contributed by atoms with Gasteiger partial charge in [-0.25, -0.2) is 8.42 Å². The molecular formula is C21H20N2O6S. The number of benzene rings is 2. The number of nitrogens with zero attached hydrogens (tertiary/aromatic N) is 1. The summed E-state index contributed by atoms with van der Waals surface area (Å²) in [5, 5.41) is 0.530. The second-order valence-electron chi connectivity index (χ2n) is 7.18. The van der Waals surface area contributed by atoms with Gasteiger partial charge in [0.25, 0.3) is 15.9 Å². The first kappa shape index (κ1) is 19.0. The number of ether oxygens (including phenoxy) is 2. The molecule has 0 bridgehead atoms. The summed E-state index contributed by atoms with van der Waals surface area (Å²) in [5.41, 5.74) is 1.44. The fourth-order valence-electron chi connectivity index (χ4n) is 3.73. The molecular weight excluding hydrogens is 408 g/mol. The minimum absolute atomic E-state index is 0.0221. The minimum Gasteiger partial charge on any atom is -0.493 e. The Hall–Kier alpha value is -3.04. The smallest absolute Gasteiger partial charge is 0.291 e. The predicted molar refractivity (Wildman–Crippen MR) is 109 cm³/mol.